The summed E-state index contributed by atoms with van der Waals surface area (Å²) in [5.41, 5.74) is -0.823. The molecule has 1 aromatic heterocycles. The molecule has 0 radical (unpaired) electrons. The Kier molecular flexibility index (Phi) is 4.12. The lowest BCUT2D eigenvalue weighted by atomic mass is 10.2. The van der Waals surface area contributed by atoms with Gasteiger partial charge in [-0.2, -0.15) is 18.2 Å². The van der Waals surface area contributed by atoms with Gasteiger partial charge in [-0.3, -0.25) is 0 Å². The third-order valence-electron chi connectivity index (χ3n) is 2.49. The maximum atomic E-state index is 12.8. The van der Waals surface area contributed by atoms with Crippen LogP contribution in [0.15, 0.2) is 42.5 Å². The minimum absolute atomic E-state index is 0.111. The minimum atomic E-state index is -4.46. The first-order valence-electron chi connectivity index (χ1n) is 6.05. The Morgan fingerprint density at radius 2 is 1.85 bits per heavy atom. The summed E-state index contributed by atoms with van der Waals surface area (Å²) in [5, 5.41) is 2.97. The van der Waals surface area contributed by atoms with Crippen molar-refractivity contribution in [3.63, 3.8) is 0 Å². The Morgan fingerprint density at radius 1 is 1.10 bits per heavy atom. The van der Waals surface area contributed by atoms with Crippen LogP contribution in [0, 0.1) is 0 Å². The molecule has 1 N–H and O–H groups in total. The maximum absolute atomic E-state index is 12.8. The first-order valence-corrected chi connectivity index (χ1v) is 6.05. The van der Waals surface area contributed by atoms with Crippen LogP contribution in [0.4, 0.5) is 19.0 Å². The van der Waals surface area contributed by atoms with Crippen LogP contribution in [-0.2, 0) is 6.18 Å². The van der Waals surface area contributed by atoms with Gasteiger partial charge in [0.05, 0.1) is 5.56 Å². The number of hydrogen-bond donors (Lipinski definition) is 1. The Labute approximate surface area is 114 Å². The van der Waals surface area contributed by atoms with Gasteiger partial charge in [0.1, 0.15) is 11.6 Å². The zero-order chi connectivity index (χ0) is 14.6. The largest absolute Gasteiger partial charge is 0.438 e. The van der Waals surface area contributed by atoms with E-state index < -0.39 is 11.7 Å². The van der Waals surface area contributed by atoms with E-state index in [1.54, 1.807) is 12.1 Å². The molecule has 0 atom stereocenters. The summed E-state index contributed by atoms with van der Waals surface area (Å²) in [6, 6.07) is 9.93. The molecule has 0 aliphatic rings. The monoisotopic (exact) mass is 282 g/mol. The van der Waals surface area contributed by atoms with E-state index in [1.165, 1.54) is 24.3 Å². The van der Waals surface area contributed by atoms with E-state index in [0.717, 1.165) is 6.07 Å². The topological polar surface area (TPSA) is 34.1 Å². The molecule has 6 heteroatoms. The standard InChI is InChI=1S/C14H13F3N2O/c1-2-18-12-8-5-9-13(19-12)20-11-7-4-3-6-10(11)14(15,16)17/h3-9H,2H2,1H3,(H,18,19). The molecule has 0 saturated carbocycles. The Morgan fingerprint density at radius 3 is 2.55 bits per heavy atom. The van der Waals surface area contributed by atoms with E-state index in [1.807, 2.05) is 6.92 Å². The predicted octanol–water partition coefficient (Wildman–Crippen LogP) is 4.32. The normalized spacial score (nSPS) is 11.2. The SMILES string of the molecule is CCNc1cccc(Oc2ccccc2C(F)(F)F)n1. The number of para-hydroxylation sites is 1. The van der Waals surface area contributed by atoms with Gasteiger partial charge in [-0.05, 0) is 25.1 Å². The summed E-state index contributed by atoms with van der Waals surface area (Å²) < 4.78 is 43.8. The first-order chi connectivity index (χ1) is 9.50. The molecule has 0 unspecified atom stereocenters. The Bertz CT molecular complexity index is 585. The van der Waals surface area contributed by atoms with Crippen LogP contribution in [0.1, 0.15) is 12.5 Å². The van der Waals surface area contributed by atoms with Crippen LogP contribution in [-0.4, -0.2) is 11.5 Å². The molecule has 0 bridgehead atoms. The number of rotatable bonds is 4. The van der Waals surface area contributed by atoms with Gasteiger partial charge in [0, 0.05) is 12.6 Å². The molecule has 1 aromatic carbocycles. The predicted molar refractivity (Wildman–Crippen MR) is 69.9 cm³/mol. The molecule has 1 heterocycles. The zero-order valence-electron chi connectivity index (χ0n) is 10.7. The lowest BCUT2D eigenvalue weighted by Crippen LogP contribution is -2.07. The number of anilines is 1. The van der Waals surface area contributed by atoms with Crippen molar-refractivity contribution in [3.8, 4) is 11.6 Å². The van der Waals surface area contributed by atoms with E-state index >= 15 is 0 Å². The van der Waals surface area contributed by atoms with Crippen molar-refractivity contribution in [2.45, 2.75) is 13.1 Å². The lowest BCUT2D eigenvalue weighted by molar-refractivity contribution is -0.138. The van der Waals surface area contributed by atoms with E-state index in [0.29, 0.717) is 12.4 Å². The van der Waals surface area contributed by atoms with Gasteiger partial charge >= 0.3 is 6.18 Å². The second kappa shape index (κ2) is 5.81. The summed E-state index contributed by atoms with van der Waals surface area (Å²) in [7, 11) is 0. The first kappa shape index (κ1) is 14.2. The number of halogens is 3. The molecule has 0 spiro atoms. The number of nitrogens with one attached hydrogen (secondary N) is 1. The summed E-state index contributed by atoms with van der Waals surface area (Å²) in [6.07, 6.45) is -4.46. The highest BCUT2D eigenvalue weighted by molar-refractivity contribution is 5.41. The molecule has 0 fully saturated rings. The van der Waals surface area contributed by atoms with Gasteiger partial charge in [0.15, 0.2) is 0 Å². The fourth-order valence-electron chi connectivity index (χ4n) is 1.65. The molecule has 2 rings (SSSR count). The second-order valence-electron chi connectivity index (χ2n) is 3.99. The minimum Gasteiger partial charge on any atom is -0.438 e. The number of alkyl halides is 3. The molecule has 0 amide bonds. The molecular formula is C14H13F3N2O. The number of nitrogens with zero attached hydrogens (tertiary/aromatic N) is 1. The molecular weight excluding hydrogens is 269 g/mol. The number of benzene rings is 1. The van der Waals surface area contributed by atoms with Crippen LogP contribution in [0.5, 0.6) is 11.6 Å². The smallest absolute Gasteiger partial charge is 0.419 e. The second-order valence-corrected chi connectivity index (χ2v) is 3.99. The molecule has 0 aliphatic heterocycles. The van der Waals surface area contributed by atoms with Gasteiger partial charge in [0.2, 0.25) is 5.88 Å². The van der Waals surface area contributed by atoms with E-state index in [9.17, 15) is 13.2 Å². The number of ether oxygens (including phenoxy) is 1. The van der Waals surface area contributed by atoms with Gasteiger partial charge in [-0.1, -0.05) is 18.2 Å². The van der Waals surface area contributed by atoms with Crippen LogP contribution in [0.3, 0.4) is 0 Å². The molecule has 20 heavy (non-hydrogen) atoms. The van der Waals surface area contributed by atoms with Gasteiger partial charge in [-0.25, -0.2) is 0 Å². The van der Waals surface area contributed by atoms with Crippen LogP contribution < -0.4 is 10.1 Å². The average Bonchev–Trinajstić information content (AvgIpc) is 2.39. The van der Waals surface area contributed by atoms with Crippen molar-refractivity contribution in [2.24, 2.45) is 0 Å². The fraction of sp³-hybridized carbons (Fsp3) is 0.214. The van der Waals surface area contributed by atoms with Crippen LogP contribution >= 0.6 is 0 Å². The number of hydrogen-bond acceptors (Lipinski definition) is 3. The van der Waals surface area contributed by atoms with Crippen molar-refractivity contribution in [2.75, 3.05) is 11.9 Å². The van der Waals surface area contributed by atoms with E-state index in [-0.39, 0.29) is 11.6 Å². The number of aromatic nitrogens is 1. The maximum Gasteiger partial charge on any atom is 0.419 e. The molecule has 106 valence electrons. The van der Waals surface area contributed by atoms with Gasteiger partial charge in [-0.15, -0.1) is 0 Å². The molecule has 0 saturated heterocycles. The highest BCUT2D eigenvalue weighted by Gasteiger charge is 2.34. The summed E-state index contributed by atoms with van der Waals surface area (Å²) >= 11 is 0. The third kappa shape index (κ3) is 3.40. The van der Waals surface area contributed by atoms with Gasteiger partial charge < -0.3 is 10.1 Å². The molecule has 2 aromatic rings. The quantitative estimate of drug-likeness (QED) is 0.906. The van der Waals surface area contributed by atoms with Crippen molar-refractivity contribution < 1.29 is 17.9 Å². The van der Waals surface area contributed by atoms with Crippen molar-refractivity contribution in [3.05, 3.63) is 48.0 Å². The summed E-state index contributed by atoms with van der Waals surface area (Å²) in [6.45, 7) is 2.56. The summed E-state index contributed by atoms with van der Waals surface area (Å²) in [4.78, 5) is 4.08. The Balaban J connectivity index is 2.28. The van der Waals surface area contributed by atoms with E-state index in [4.69, 9.17) is 4.74 Å². The zero-order valence-corrected chi connectivity index (χ0v) is 10.7. The highest BCUT2D eigenvalue weighted by atomic mass is 19.4. The summed E-state index contributed by atoms with van der Waals surface area (Å²) in [5.74, 6) is 0.399. The highest BCUT2D eigenvalue weighted by Crippen LogP contribution is 2.37. The lowest BCUT2D eigenvalue weighted by Gasteiger charge is -2.13. The third-order valence-corrected chi connectivity index (χ3v) is 2.49. The van der Waals surface area contributed by atoms with Crippen LogP contribution in [0.25, 0.3) is 0 Å². The van der Waals surface area contributed by atoms with Crippen LogP contribution in [0.2, 0.25) is 0 Å². The van der Waals surface area contributed by atoms with E-state index in [2.05, 4.69) is 10.3 Å². The van der Waals surface area contributed by atoms with Gasteiger partial charge in [0.25, 0.3) is 0 Å². The van der Waals surface area contributed by atoms with Crippen molar-refractivity contribution in [1.29, 1.82) is 0 Å². The van der Waals surface area contributed by atoms with Crippen molar-refractivity contribution in [1.82, 2.24) is 4.98 Å². The fourth-order valence-corrected chi connectivity index (χ4v) is 1.65. The number of pyridine rings is 1. The molecule has 3 nitrogen and oxygen atoms in total. The van der Waals surface area contributed by atoms with Crippen molar-refractivity contribution >= 4 is 5.82 Å². The molecule has 0 aliphatic carbocycles. The average molecular weight is 282 g/mol. The Hall–Kier alpha value is -2.24.